The first-order chi connectivity index (χ1) is 15.3. The number of hydrogen-bond acceptors (Lipinski definition) is 4. The van der Waals surface area contributed by atoms with E-state index in [1.54, 1.807) is 12.3 Å². The van der Waals surface area contributed by atoms with Gasteiger partial charge < -0.3 is 14.3 Å². The lowest BCUT2D eigenvalue weighted by atomic mass is 9.88. The third-order valence-electron chi connectivity index (χ3n) is 6.07. The number of benzene rings is 2. The molecule has 2 heterocycles. The summed E-state index contributed by atoms with van der Waals surface area (Å²) in [6.07, 6.45) is 3.98. The molecule has 0 radical (unpaired) electrons. The minimum Gasteiger partial charge on any atom is -0.461 e. The maximum Gasteiger partial charge on any atom is 0.232 e. The molecule has 0 unspecified atom stereocenters. The Morgan fingerprint density at radius 3 is 2.19 bits per heavy atom. The molecular formula is C26H24N2O3. The second-order valence-corrected chi connectivity index (χ2v) is 8.05. The number of amides is 1. The fourth-order valence-electron chi connectivity index (χ4n) is 4.16. The highest BCUT2D eigenvalue weighted by Gasteiger charge is 2.53. The van der Waals surface area contributed by atoms with Crippen molar-refractivity contribution >= 4 is 5.91 Å². The van der Waals surface area contributed by atoms with Gasteiger partial charge in [-0.1, -0.05) is 65.8 Å². The fourth-order valence-corrected chi connectivity index (χ4v) is 4.16. The summed E-state index contributed by atoms with van der Waals surface area (Å²) in [5.41, 5.74) is 2.61. The van der Waals surface area contributed by atoms with Crippen LogP contribution >= 0.6 is 0 Å². The molecule has 0 aliphatic heterocycles. The lowest BCUT2D eigenvalue weighted by molar-refractivity contribution is -0.123. The van der Waals surface area contributed by atoms with Crippen LogP contribution in [0.3, 0.4) is 0 Å². The van der Waals surface area contributed by atoms with Crippen LogP contribution in [0.5, 0.6) is 0 Å². The van der Waals surface area contributed by atoms with Crippen LogP contribution in [-0.4, -0.2) is 17.6 Å². The molecule has 5 rings (SSSR count). The van der Waals surface area contributed by atoms with Gasteiger partial charge in [0, 0.05) is 18.5 Å². The van der Waals surface area contributed by atoms with Crippen molar-refractivity contribution in [1.29, 1.82) is 0 Å². The molecule has 0 atom stereocenters. The van der Waals surface area contributed by atoms with Gasteiger partial charge in [0.25, 0.3) is 0 Å². The smallest absolute Gasteiger partial charge is 0.232 e. The summed E-state index contributed by atoms with van der Waals surface area (Å²) in [7, 11) is 0. The van der Waals surface area contributed by atoms with Crippen LogP contribution in [0.4, 0.5) is 0 Å². The zero-order valence-electron chi connectivity index (χ0n) is 17.2. The van der Waals surface area contributed by atoms with E-state index in [4.69, 9.17) is 8.94 Å². The SMILES string of the molecule is O=C(NCCC(c1ccccc1)c1ccccc1)C1(c2cc(-c3ccco3)on2)CC1. The Morgan fingerprint density at radius 2 is 1.61 bits per heavy atom. The van der Waals surface area contributed by atoms with E-state index < -0.39 is 5.41 Å². The van der Waals surface area contributed by atoms with Crippen LogP contribution in [0.2, 0.25) is 0 Å². The minimum absolute atomic E-state index is 0.0201. The Bertz CT molecular complexity index is 1090. The quantitative estimate of drug-likeness (QED) is 0.426. The van der Waals surface area contributed by atoms with E-state index in [-0.39, 0.29) is 11.8 Å². The van der Waals surface area contributed by atoms with Gasteiger partial charge in [0.2, 0.25) is 11.7 Å². The third-order valence-corrected chi connectivity index (χ3v) is 6.07. The number of aromatic nitrogens is 1. The van der Waals surface area contributed by atoms with Gasteiger partial charge in [0.05, 0.1) is 17.4 Å². The van der Waals surface area contributed by atoms with Gasteiger partial charge in [0.1, 0.15) is 0 Å². The van der Waals surface area contributed by atoms with E-state index in [1.807, 2.05) is 24.3 Å². The Balaban J connectivity index is 1.26. The molecule has 1 aliphatic rings. The van der Waals surface area contributed by atoms with E-state index in [1.165, 1.54) is 11.1 Å². The van der Waals surface area contributed by atoms with Crippen LogP contribution in [0.1, 0.15) is 42.0 Å². The van der Waals surface area contributed by atoms with E-state index in [0.29, 0.717) is 23.8 Å². The van der Waals surface area contributed by atoms with Gasteiger partial charge in [-0.25, -0.2) is 0 Å². The van der Waals surface area contributed by atoms with Crippen molar-refractivity contribution in [2.45, 2.75) is 30.6 Å². The molecule has 1 aliphatic carbocycles. The molecule has 1 N–H and O–H groups in total. The number of carbonyl (C=O) groups excluding carboxylic acids is 1. The molecule has 0 saturated heterocycles. The Kier molecular flexibility index (Phi) is 5.16. The van der Waals surface area contributed by atoms with Crippen LogP contribution in [0, 0.1) is 0 Å². The normalized spacial score (nSPS) is 14.5. The third kappa shape index (κ3) is 3.91. The van der Waals surface area contributed by atoms with Crippen molar-refractivity contribution in [3.05, 3.63) is 102 Å². The predicted octanol–water partition coefficient (Wildman–Crippen LogP) is 5.30. The maximum atomic E-state index is 13.1. The molecule has 5 heteroatoms. The monoisotopic (exact) mass is 412 g/mol. The highest BCUT2D eigenvalue weighted by Crippen LogP contribution is 2.48. The van der Waals surface area contributed by atoms with Gasteiger partial charge in [-0.2, -0.15) is 0 Å². The maximum absolute atomic E-state index is 13.1. The van der Waals surface area contributed by atoms with Gasteiger partial charge in [-0.15, -0.1) is 0 Å². The van der Waals surface area contributed by atoms with Crippen LogP contribution in [0.15, 0.2) is 94.1 Å². The van der Waals surface area contributed by atoms with Crippen molar-refractivity contribution in [3.8, 4) is 11.5 Å². The Morgan fingerprint density at radius 1 is 0.935 bits per heavy atom. The van der Waals surface area contributed by atoms with Crippen LogP contribution in [0.25, 0.3) is 11.5 Å². The zero-order chi connectivity index (χ0) is 21.1. The first kappa shape index (κ1) is 19.4. The van der Waals surface area contributed by atoms with Crippen LogP contribution in [-0.2, 0) is 10.2 Å². The van der Waals surface area contributed by atoms with Crippen molar-refractivity contribution in [2.24, 2.45) is 0 Å². The minimum atomic E-state index is -0.580. The Hall–Kier alpha value is -3.60. The topological polar surface area (TPSA) is 68.3 Å². The molecule has 1 saturated carbocycles. The molecule has 1 amide bonds. The number of nitrogens with one attached hydrogen (secondary N) is 1. The predicted molar refractivity (Wildman–Crippen MR) is 117 cm³/mol. The first-order valence-corrected chi connectivity index (χ1v) is 10.7. The molecular weight excluding hydrogens is 388 g/mol. The van der Waals surface area contributed by atoms with Gasteiger partial charge >= 0.3 is 0 Å². The lowest BCUT2D eigenvalue weighted by Gasteiger charge is -2.19. The number of rotatable bonds is 8. The largest absolute Gasteiger partial charge is 0.461 e. The van der Waals surface area contributed by atoms with Gasteiger partial charge in [-0.05, 0) is 42.5 Å². The first-order valence-electron chi connectivity index (χ1n) is 10.7. The van der Waals surface area contributed by atoms with E-state index >= 15 is 0 Å². The molecule has 1 fully saturated rings. The van der Waals surface area contributed by atoms with Crippen molar-refractivity contribution in [3.63, 3.8) is 0 Å². The molecule has 4 aromatic rings. The second-order valence-electron chi connectivity index (χ2n) is 8.05. The Labute approximate surface area is 181 Å². The lowest BCUT2D eigenvalue weighted by Crippen LogP contribution is -2.36. The zero-order valence-corrected chi connectivity index (χ0v) is 17.2. The highest BCUT2D eigenvalue weighted by atomic mass is 16.5. The molecule has 156 valence electrons. The molecule has 0 bridgehead atoms. The number of hydrogen-bond donors (Lipinski definition) is 1. The molecule has 31 heavy (non-hydrogen) atoms. The number of nitrogens with zero attached hydrogens (tertiary/aromatic N) is 1. The number of carbonyl (C=O) groups is 1. The fraction of sp³-hybridized carbons (Fsp3) is 0.231. The van der Waals surface area contributed by atoms with E-state index in [0.717, 1.165) is 19.3 Å². The van der Waals surface area contributed by atoms with E-state index in [9.17, 15) is 4.79 Å². The second kappa shape index (κ2) is 8.26. The average molecular weight is 412 g/mol. The van der Waals surface area contributed by atoms with Crippen molar-refractivity contribution < 1.29 is 13.7 Å². The summed E-state index contributed by atoms with van der Waals surface area (Å²) in [6.45, 7) is 0.595. The highest BCUT2D eigenvalue weighted by molar-refractivity contribution is 5.90. The average Bonchev–Trinajstić information content (AvgIpc) is 3.21. The molecule has 0 spiro atoms. The summed E-state index contributed by atoms with van der Waals surface area (Å²) in [5, 5.41) is 7.32. The molecule has 2 aromatic heterocycles. The summed E-state index contributed by atoms with van der Waals surface area (Å²) in [6, 6.07) is 26.3. The molecule has 5 nitrogen and oxygen atoms in total. The van der Waals surface area contributed by atoms with Crippen molar-refractivity contribution in [2.75, 3.05) is 6.54 Å². The van der Waals surface area contributed by atoms with E-state index in [2.05, 4.69) is 59.0 Å². The van der Waals surface area contributed by atoms with Gasteiger partial charge in [-0.3, -0.25) is 4.79 Å². The summed E-state index contributed by atoms with van der Waals surface area (Å²) < 4.78 is 10.8. The van der Waals surface area contributed by atoms with Crippen molar-refractivity contribution in [1.82, 2.24) is 10.5 Å². The van der Waals surface area contributed by atoms with Gasteiger partial charge in [0.15, 0.2) is 5.76 Å². The summed E-state index contributed by atoms with van der Waals surface area (Å²) in [5.74, 6) is 1.41. The number of furan rings is 1. The molecule has 2 aromatic carbocycles. The standard InChI is InChI=1S/C26H24N2O3/c29-25(26(14-15-26)24-18-23(31-28-24)22-12-7-17-30-22)27-16-13-21(19-8-3-1-4-9-19)20-10-5-2-6-11-20/h1-12,17-18,21H,13-16H2,(H,27,29). The summed E-state index contributed by atoms with van der Waals surface area (Å²) >= 11 is 0. The summed E-state index contributed by atoms with van der Waals surface area (Å²) in [4.78, 5) is 13.1. The van der Waals surface area contributed by atoms with Crippen LogP contribution < -0.4 is 5.32 Å².